The topological polar surface area (TPSA) is 81.1 Å². The van der Waals surface area contributed by atoms with Crippen molar-refractivity contribution < 1.29 is 19.8 Å². The molecule has 2 N–H and O–H groups in total. The number of hydrogen-bond acceptors (Lipinski definition) is 6. The van der Waals surface area contributed by atoms with Gasteiger partial charge >= 0.3 is 0 Å². The van der Waals surface area contributed by atoms with Crippen LogP contribution in [0.1, 0.15) is 97.3 Å². The smallest absolute Gasteiger partial charge is 0.159 e. The summed E-state index contributed by atoms with van der Waals surface area (Å²) in [5.74, 6) is 2.36. The molecule has 0 aromatic rings. The van der Waals surface area contributed by atoms with Crippen molar-refractivity contribution >= 4 is 11.6 Å². The Morgan fingerprint density at radius 1 is 0.750 bits per heavy atom. The lowest BCUT2D eigenvalue weighted by molar-refractivity contribution is -0.116. The van der Waals surface area contributed by atoms with Crippen LogP contribution in [-0.4, -0.2) is 56.9 Å². The second-order valence-corrected chi connectivity index (χ2v) is 14.3. The number of fused-ring (bicyclic) bond motifs is 9. The summed E-state index contributed by atoms with van der Waals surface area (Å²) < 4.78 is 0. The average molecular weight is 547 g/mol. The molecule has 6 nitrogen and oxygen atoms in total. The summed E-state index contributed by atoms with van der Waals surface area (Å²) in [7, 11) is 0. The molecule has 0 aromatic heterocycles. The Morgan fingerprint density at radius 3 is 2.20 bits per heavy atom. The zero-order chi connectivity index (χ0) is 27.8. The molecule has 4 heterocycles. The second-order valence-electron chi connectivity index (χ2n) is 14.3. The van der Waals surface area contributed by atoms with Gasteiger partial charge in [-0.05, 0) is 88.0 Å². The molecule has 0 spiro atoms. The van der Waals surface area contributed by atoms with Gasteiger partial charge in [-0.2, -0.15) is 0 Å². The van der Waals surface area contributed by atoms with Crippen LogP contribution >= 0.6 is 0 Å². The van der Waals surface area contributed by atoms with E-state index in [2.05, 4.69) is 29.7 Å². The highest BCUT2D eigenvalue weighted by molar-refractivity contribution is 5.91. The molecule has 8 aliphatic rings. The molecular weight excluding hydrogens is 500 g/mol. The Kier molecular flexibility index (Phi) is 6.47. The number of carbonyl (C=O) groups is 2. The minimum atomic E-state index is -0.134. The average Bonchev–Trinajstić information content (AvgIpc) is 3.43. The molecule has 4 aliphatic heterocycles. The lowest BCUT2D eigenvalue weighted by Gasteiger charge is -2.50. The first-order chi connectivity index (χ1) is 19.2. The van der Waals surface area contributed by atoms with Gasteiger partial charge in [-0.25, -0.2) is 0 Å². The Hall–Kier alpha value is -2.18. The highest BCUT2D eigenvalue weighted by Gasteiger charge is 2.53. The molecule has 0 aromatic carbocycles. The van der Waals surface area contributed by atoms with E-state index in [0.717, 1.165) is 83.7 Å². The van der Waals surface area contributed by atoms with Crippen molar-refractivity contribution in [3.05, 3.63) is 46.6 Å². The number of carbonyl (C=O) groups excluding carboxylic acids is 2. The van der Waals surface area contributed by atoms with Crippen LogP contribution in [-0.2, 0) is 9.59 Å². The number of allylic oxidation sites excluding steroid dienone is 8. The van der Waals surface area contributed by atoms with Gasteiger partial charge in [0.05, 0.1) is 12.2 Å². The third-order valence-corrected chi connectivity index (χ3v) is 12.5. The zero-order valence-electron chi connectivity index (χ0n) is 24.3. The fourth-order valence-electron chi connectivity index (χ4n) is 10.0. The van der Waals surface area contributed by atoms with Crippen molar-refractivity contribution in [2.24, 2.45) is 28.6 Å². The Bertz CT molecular complexity index is 1240. The van der Waals surface area contributed by atoms with E-state index in [4.69, 9.17) is 0 Å². The van der Waals surface area contributed by atoms with Gasteiger partial charge in [0, 0.05) is 77.6 Å². The van der Waals surface area contributed by atoms with E-state index >= 15 is 0 Å². The summed E-state index contributed by atoms with van der Waals surface area (Å²) >= 11 is 0. The van der Waals surface area contributed by atoms with Crippen LogP contribution in [0.3, 0.4) is 0 Å². The second kappa shape index (κ2) is 9.69. The van der Waals surface area contributed by atoms with Crippen LogP contribution in [0.4, 0.5) is 0 Å². The van der Waals surface area contributed by atoms with Gasteiger partial charge in [0.25, 0.3) is 0 Å². The van der Waals surface area contributed by atoms with Gasteiger partial charge in [0.15, 0.2) is 11.6 Å². The maximum Gasteiger partial charge on any atom is 0.159 e. The molecule has 0 radical (unpaired) electrons. The van der Waals surface area contributed by atoms with Crippen LogP contribution in [0.2, 0.25) is 0 Å². The summed E-state index contributed by atoms with van der Waals surface area (Å²) in [4.78, 5) is 28.0. The minimum absolute atomic E-state index is 0.0843. The summed E-state index contributed by atoms with van der Waals surface area (Å²) in [6, 6.07) is 0. The standard InChI is InChI=1S/2C17H23NO2/c2*1-17-8-6-15-13(14(17)4-5-16(17)20)3-2-11-10-12(19)7-9-18(11)15/h10,14,16,20H,2-9H2,1H3;6,10,13-14,16,20H,2-5,7-9H2,1H3/t14?,16-,17-;13-,14?,16-,17-/m00/s1. The SMILES string of the molecule is C[C@]12CC=C3[C@@H](CCC4=CC(=O)CCN43)C1CC[C@@H]2O.C[C@]12CCC3=C(CCC4=CC(=O)CCN43)C1CC[C@@H]2O. The molecular formula is C34H46N2O4. The van der Waals surface area contributed by atoms with Crippen molar-refractivity contribution in [1.82, 2.24) is 9.80 Å². The van der Waals surface area contributed by atoms with Gasteiger partial charge in [-0.1, -0.05) is 19.9 Å². The number of rotatable bonds is 0. The van der Waals surface area contributed by atoms with Crippen molar-refractivity contribution in [3.8, 4) is 0 Å². The highest BCUT2D eigenvalue weighted by atomic mass is 16.3. The molecule has 2 unspecified atom stereocenters. The maximum absolute atomic E-state index is 11.6. The Labute approximate surface area is 238 Å². The Morgan fingerprint density at radius 2 is 1.43 bits per heavy atom. The number of ketones is 2. The molecule has 0 bridgehead atoms. The normalized spacial score (nSPS) is 41.8. The fraction of sp³-hybridized carbons (Fsp3) is 0.706. The third-order valence-electron chi connectivity index (χ3n) is 12.5. The first-order valence-electron chi connectivity index (χ1n) is 16.0. The largest absolute Gasteiger partial charge is 0.393 e. The lowest BCUT2D eigenvalue weighted by atomic mass is 9.63. The quantitative estimate of drug-likeness (QED) is 0.424. The summed E-state index contributed by atoms with van der Waals surface area (Å²) in [6.45, 7) is 6.28. The van der Waals surface area contributed by atoms with E-state index < -0.39 is 0 Å². The van der Waals surface area contributed by atoms with Crippen molar-refractivity contribution in [1.29, 1.82) is 0 Å². The molecule has 6 heteroatoms. The molecule has 0 amide bonds. The fourth-order valence-corrected chi connectivity index (χ4v) is 10.0. The Balaban J connectivity index is 0.000000132. The summed E-state index contributed by atoms with van der Waals surface area (Å²) in [5, 5.41) is 20.7. The molecule has 1 saturated heterocycles. The molecule has 7 atom stereocenters. The van der Waals surface area contributed by atoms with E-state index in [1.165, 1.54) is 22.8 Å². The van der Waals surface area contributed by atoms with Crippen molar-refractivity contribution in [2.45, 2.75) is 110 Å². The molecule has 8 rings (SSSR count). The summed E-state index contributed by atoms with van der Waals surface area (Å²) in [5.41, 5.74) is 7.19. The maximum atomic E-state index is 11.6. The van der Waals surface area contributed by atoms with Gasteiger partial charge < -0.3 is 20.0 Å². The van der Waals surface area contributed by atoms with E-state index in [0.29, 0.717) is 30.6 Å². The van der Waals surface area contributed by atoms with Crippen LogP contribution in [0, 0.1) is 28.6 Å². The van der Waals surface area contributed by atoms with E-state index in [9.17, 15) is 19.8 Å². The molecule has 4 aliphatic carbocycles. The van der Waals surface area contributed by atoms with E-state index in [1.807, 2.05) is 12.2 Å². The van der Waals surface area contributed by atoms with Gasteiger partial charge in [0.2, 0.25) is 0 Å². The number of aliphatic hydroxyl groups is 2. The van der Waals surface area contributed by atoms with Crippen LogP contribution in [0.25, 0.3) is 0 Å². The number of nitrogens with zero attached hydrogens (tertiary/aromatic N) is 2. The molecule has 216 valence electrons. The van der Waals surface area contributed by atoms with Gasteiger partial charge in [-0.15, -0.1) is 0 Å². The number of aliphatic hydroxyl groups excluding tert-OH is 2. The van der Waals surface area contributed by atoms with E-state index in [1.54, 1.807) is 5.57 Å². The third kappa shape index (κ3) is 4.03. The minimum Gasteiger partial charge on any atom is -0.393 e. The predicted octanol–water partition coefficient (Wildman–Crippen LogP) is 5.38. The highest BCUT2D eigenvalue weighted by Crippen LogP contribution is 2.58. The van der Waals surface area contributed by atoms with Crippen LogP contribution < -0.4 is 0 Å². The van der Waals surface area contributed by atoms with Crippen LogP contribution in [0.15, 0.2) is 46.6 Å². The number of piperidine rings is 1. The lowest BCUT2D eigenvalue weighted by Crippen LogP contribution is -2.46. The first-order valence-corrected chi connectivity index (χ1v) is 16.0. The van der Waals surface area contributed by atoms with Gasteiger partial charge in [0.1, 0.15) is 0 Å². The van der Waals surface area contributed by atoms with Crippen molar-refractivity contribution in [2.75, 3.05) is 13.1 Å². The number of hydrogen-bond donors (Lipinski definition) is 2. The zero-order valence-corrected chi connectivity index (χ0v) is 24.3. The van der Waals surface area contributed by atoms with Crippen LogP contribution in [0.5, 0.6) is 0 Å². The first kappa shape index (κ1) is 26.7. The summed E-state index contributed by atoms with van der Waals surface area (Å²) in [6.07, 6.45) is 18.8. The van der Waals surface area contributed by atoms with E-state index in [-0.39, 0.29) is 34.6 Å². The molecule has 40 heavy (non-hydrogen) atoms. The van der Waals surface area contributed by atoms with Gasteiger partial charge in [-0.3, -0.25) is 9.59 Å². The predicted molar refractivity (Wildman–Crippen MR) is 153 cm³/mol. The monoisotopic (exact) mass is 546 g/mol. The molecule has 3 fully saturated rings. The molecule has 2 saturated carbocycles. The van der Waals surface area contributed by atoms with Crippen molar-refractivity contribution in [3.63, 3.8) is 0 Å².